The Kier molecular flexibility index (Phi) is 7.22. The molecule has 0 N–H and O–H groups in total. The molecule has 0 radical (unpaired) electrons. The second-order valence-electron chi connectivity index (χ2n) is 7.49. The number of esters is 1. The molecule has 2 rings (SSSR count). The van der Waals surface area contributed by atoms with Crippen molar-refractivity contribution in [3.63, 3.8) is 0 Å². The maximum atomic E-state index is 12.9. The minimum absolute atomic E-state index is 0.00824. The van der Waals surface area contributed by atoms with Gasteiger partial charge in [0, 0.05) is 52.3 Å². The Labute approximate surface area is 151 Å². The lowest BCUT2D eigenvalue weighted by molar-refractivity contribution is -0.158. The first-order valence-electron chi connectivity index (χ1n) is 9.24. The van der Waals surface area contributed by atoms with Gasteiger partial charge >= 0.3 is 5.97 Å². The third-order valence-electron chi connectivity index (χ3n) is 5.42. The Balaban J connectivity index is 2.16. The molecule has 0 spiro atoms. The number of carbonyl (C=O) groups is 2. The minimum atomic E-state index is -0.482. The average Bonchev–Trinajstić information content (AvgIpc) is 2.81. The van der Waals surface area contributed by atoms with Gasteiger partial charge in [-0.3, -0.25) is 9.59 Å². The van der Waals surface area contributed by atoms with Crippen molar-refractivity contribution in [2.75, 3.05) is 73.7 Å². The van der Waals surface area contributed by atoms with Crippen LogP contribution in [0, 0.1) is 11.3 Å². The number of ether oxygens (including phenoxy) is 2. The Morgan fingerprint density at radius 3 is 2.68 bits per heavy atom. The number of fused-ring (bicyclic) bond motifs is 1. The largest absolute Gasteiger partial charge is 0.466 e. The van der Waals surface area contributed by atoms with Crippen LogP contribution >= 0.6 is 0 Å². The van der Waals surface area contributed by atoms with Gasteiger partial charge in [-0.1, -0.05) is 0 Å². The zero-order valence-electron chi connectivity index (χ0n) is 16.1. The Bertz CT molecular complexity index is 471. The van der Waals surface area contributed by atoms with E-state index >= 15 is 0 Å². The lowest BCUT2D eigenvalue weighted by Crippen LogP contribution is -2.44. The summed E-state index contributed by atoms with van der Waals surface area (Å²) in [6.45, 7) is 7.11. The Hall–Kier alpha value is -1.18. The third-order valence-corrected chi connectivity index (χ3v) is 5.42. The fraction of sp³-hybridized carbons (Fsp3) is 0.889. The van der Waals surface area contributed by atoms with Gasteiger partial charge in [-0.2, -0.15) is 0 Å². The molecule has 0 bridgehead atoms. The van der Waals surface area contributed by atoms with E-state index in [0.29, 0.717) is 19.7 Å². The number of carbonyl (C=O) groups excluding carboxylic acids is 2. The predicted molar refractivity (Wildman–Crippen MR) is 95.2 cm³/mol. The summed E-state index contributed by atoms with van der Waals surface area (Å²) in [5.74, 6) is 0.0410. The van der Waals surface area contributed by atoms with E-state index in [4.69, 9.17) is 9.47 Å². The summed E-state index contributed by atoms with van der Waals surface area (Å²) >= 11 is 0. The van der Waals surface area contributed by atoms with E-state index in [9.17, 15) is 9.59 Å². The molecule has 2 heterocycles. The lowest BCUT2D eigenvalue weighted by Gasteiger charge is -2.31. The molecule has 0 aromatic rings. The minimum Gasteiger partial charge on any atom is -0.466 e. The molecule has 2 fully saturated rings. The molecule has 1 amide bonds. The van der Waals surface area contributed by atoms with Gasteiger partial charge in [-0.25, -0.2) is 0 Å². The molecule has 2 aliphatic heterocycles. The second kappa shape index (κ2) is 8.96. The third kappa shape index (κ3) is 4.71. The smallest absolute Gasteiger partial charge is 0.313 e. The monoisotopic (exact) mass is 355 g/mol. The van der Waals surface area contributed by atoms with Gasteiger partial charge < -0.3 is 24.2 Å². The van der Waals surface area contributed by atoms with Crippen molar-refractivity contribution in [1.82, 2.24) is 14.7 Å². The van der Waals surface area contributed by atoms with Crippen molar-refractivity contribution in [2.24, 2.45) is 11.3 Å². The lowest BCUT2D eigenvalue weighted by atomic mass is 9.75. The van der Waals surface area contributed by atoms with E-state index in [1.807, 2.05) is 11.8 Å². The van der Waals surface area contributed by atoms with Crippen LogP contribution in [0.4, 0.5) is 0 Å². The number of rotatable bonds is 7. The summed E-state index contributed by atoms with van der Waals surface area (Å²) in [6.07, 6.45) is 1.61. The summed E-state index contributed by atoms with van der Waals surface area (Å²) in [5.41, 5.74) is -0.482. The van der Waals surface area contributed by atoms with Crippen LogP contribution in [-0.2, 0) is 19.1 Å². The number of likely N-dealkylation sites (N-methyl/N-ethyl adjacent to an activating group) is 1. The van der Waals surface area contributed by atoms with Crippen LogP contribution in [0.2, 0.25) is 0 Å². The highest BCUT2D eigenvalue weighted by molar-refractivity contribution is 5.80. The number of hydrogen-bond acceptors (Lipinski definition) is 6. The molecule has 0 aromatic carbocycles. The summed E-state index contributed by atoms with van der Waals surface area (Å²) < 4.78 is 10.5. The summed E-state index contributed by atoms with van der Waals surface area (Å²) in [4.78, 5) is 31.5. The van der Waals surface area contributed by atoms with Gasteiger partial charge in [-0.15, -0.1) is 0 Å². The summed E-state index contributed by atoms with van der Waals surface area (Å²) in [7, 11) is 5.65. The highest BCUT2D eigenvalue weighted by Gasteiger charge is 2.54. The zero-order chi connectivity index (χ0) is 18.4. The number of likely N-dealkylation sites (tertiary alicyclic amines) is 2. The Morgan fingerprint density at radius 1 is 1.28 bits per heavy atom. The molecule has 7 heteroatoms. The van der Waals surface area contributed by atoms with Crippen molar-refractivity contribution in [1.29, 1.82) is 0 Å². The number of amides is 1. The molecule has 0 unspecified atom stereocenters. The maximum Gasteiger partial charge on any atom is 0.313 e. The van der Waals surface area contributed by atoms with Crippen LogP contribution in [0.25, 0.3) is 0 Å². The standard InChI is InChI=1S/C18H33N3O4/c1-5-25-17(23)18-7-6-8-21(16(22)13-24-4)12-15(18)11-20(14-18)10-9-19(2)3/h15H,5-14H2,1-4H3/t15-,18+/m1/s1. The molecule has 2 aliphatic rings. The van der Waals surface area contributed by atoms with Crippen LogP contribution in [-0.4, -0.2) is 100 Å². The first kappa shape index (κ1) is 20.1. The van der Waals surface area contributed by atoms with Crippen LogP contribution < -0.4 is 0 Å². The van der Waals surface area contributed by atoms with E-state index in [2.05, 4.69) is 23.9 Å². The van der Waals surface area contributed by atoms with E-state index in [-0.39, 0.29) is 24.4 Å². The predicted octanol–water partition coefficient (Wildman–Crippen LogP) is 0.298. The van der Waals surface area contributed by atoms with Gasteiger partial charge in [0.25, 0.3) is 0 Å². The molecule has 144 valence electrons. The Morgan fingerprint density at radius 2 is 2.04 bits per heavy atom. The van der Waals surface area contributed by atoms with E-state index in [1.165, 1.54) is 7.11 Å². The fourth-order valence-electron chi connectivity index (χ4n) is 4.10. The van der Waals surface area contributed by atoms with Crippen LogP contribution in [0.5, 0.6) is 0 Å². The van der Waals surface area contributed by atoms with E-state index in [0.717, 1.165) is 39.0 Å². The molecule has 0 aliphatic carbocycles. The van der Waals surface area contributed by atoms with Crippen molar-refractivity contribution >= 4 is 11.9 Å². The number of methoxy groups -OCH3 is 1. The van der Waals surface area contributed by atoms with Gasteiger partial charge in [0.15, 0.2) is 0 Å². The molecule has 0 saturated carbocycles. The molecule has 2 saturated heterocycles. The SMILES string of the molecule is CCOC(=O)[C@]12CCCN(C(=O)COC)C[C@H]1CN(CCN(C)C)C2. The van der Waals surface area contributed by atoms with Crippen LogP contribution in [0.15, 0.2) is 0 Å². The zero-order valence-corrected chi connectivity index (χ0v) is 16.1. The molecular formula is C18H33N3O4. The fourth-order valence-corrected chi connectivity index (χ4v) is 4.10. The highest BCUT2D eigenvalue weighted by atomic mass is 16.5. The first-order chi connectivity index (χ1) is 11.9. The quantitative estimate of drug-likeness (QED) is 0.612. The van der Waals surface area contributed by atoms with Gasteiger partial charge in [0.2, 0.25) is 5.91 Å². The molecular weight excluding hydrogens is 322 g/mol. The van der Waals surface area contributed by atoms with Crippen molar-refractivity contribution in [3.05, 3.63) is 0 Å². The number of nitrogens with zero attached hydrogens (tertiary/aromatic N) is 3. The summed E-state index contributed by atoms with van der Waals surface area (Å²) in [6, 6.07) is 0. The van der Waals surface area contributed by atoms with Crippen molar-refractivity contribution < 1.29 is 19.1 Å². The highest BCUT2D eigenvalue weighted by Crippen LogP contribution is 2.43. The molecule has 25 heavy (non-hydrogen) atoms. The summed E-state index contributed by atoms with van der Waals surface area (Å²) in [5, 5.41) is 0. The molecule has 2 atom stereocenters. The topological polar surface area (TPSA) is 62.3 Å². The molecule has 0 aromatic heterocycles. The maximum absolute atomic E-state index is 12.9. The van der Waals surface area contributed by atoms with Gasteiger partial charge in [-0.05, 0) is 33.9 Å². The second-order valence-corrected chi connectivity index (χ2v) is 7.49. The normalized spacial score (nSPS) is 27.2. The number of hydrogen-bond donors (Lipinski definition) is 0. The first-order valence-corrected chi connectivity index (χ1v) is 9.24. The van der Waals surface area contributed by atoms with Gasteiger partial charge in [0.05, 0.1) is 12.0 Å². The van der Waals surface area contributed by atoms with Crippen molar-refractivity contribution in [3.8, 4) is 0 Å². The van der Waals surface area contributed by atoms with E-state index in [1.54, 1.807) is 0 Å². The van der Waals surface area contributed by atoms with Crippen LogP contribution in [0.1, 0.15) is 19.8 Å². The van der Waals surface area contributed by atoms with E-state index < -0.39 is 5.41 Å². The average molecular weight is 355 g/mol. The van der Waals surface area contributed by atoms with Gasteiger partial charge in [0.1, 0.15) is 6.61 Å². The van der Waals surface area contributed by atoms with Crippen LogP contribution in [0.3, 0.4) is 0 Å². The molecule has 7 nitrogen and oxygen atoms in total. The van der Waals surface area contributed by atoms with Crippen molar-refractivity contribution in [2.45, 2.75) is 19.8 Å².